The van der Waals surface area contributed by atoms with Crippen LogP contribution in [-0.4, -0.2) is 54.0 Å². The smallest absolute Gasteiger partial charge is 0.246 e. The van der Waals surface area contributed by atoms with Gasteiger partial charge in [0.25, 0.3) is 0 Å². The number of amides is 1. The van der Waals surface area contributed by atoms with Gasteiger partial charge in [-0.2, -0.15) is 0 Å². The molecule has 160 valence electrons. The van der Waals surface area contributed by atoms with Crippen LogP contribution in [0.3, 0.4) is 0 Å². The number of H-pyrrole nitrogens is 1. The standard InChI is InChI=1S/C24H23FN2O4/c1-16(28)20-8-7-18(12-22(20)25)31-15-19-14-27(10-11-30-19)24(29)9-6-17-13-26-23-5-3-2-4-21(17)23/h2-9,12-13,19,26H,10-11,14-15H2,1H3. The lowest BCUT2D eigenvalue weighted by atomic mass is 10.1. The van der Waals surface area contributed by atoms with Crippen LogP contribution in [0, 0.1) is 5.82 Å². The Morgan fingerprint density at radius 3 is 2.94 bits per heavy atom. The van der Waals surface area contributed by atoms with Gasteiger partial charge in [-0.15, -0.1) is 0 Å². The molecule has 1 aliphatic rings. The first-order valence-corrected chi connectivity index (χ1v) is 10.1. The molecular weight excluding hydrogens is 399 g/mol. The van der Waals surface area contributed by atoms with E-state index in [0.29, 0.717) is 25.4 Å². The third-order valence-electron chi connectivity index (χ3n) is 5.23. The fraction of sp³-hybridized carbons (Fsp3) is 0.250. The average Bonchev–Trinajstić information content (AvgIpc) is 3.19. The van der Waals surface area contributed by atoms with Crippen LogP contribution < -0.4 is 4.74 Å². The fourth-order valence-corrected chi connectivity index (χ4v) is 3.58. The number of morpholine rings is 1. The minimum absolute atomic E-state index is 0.0278. The number of carbonyl (C=O) groups is 2. The summed E-state index contributed by atoms with van der Waals surface area (Å²) in [5, 5.41) is 1.06. The monoisotopic (exact) mass is 422 g/mol. The molecular formula is C24H23FN2O4. The number of para-hydroxylation sites is 1. The number of rotatable bonds is 6. The van der Waals surface area contributed by atoms with Gasteiger partial charge in [-0.3, -0.25) is 9.59 Å². The van der Waals surface area contributed by atoms with Crippen molar-refractivity contribution >= 4 is 28.7 Å². The molecule has 7 heteroatoms. The van der Waals surface area contributed by atoms with Crippen LogP contribution in [0.2, 0.25) is 0 Å². The summed E-state index contributed by atoms with van der Waals surface area (Å²) in [7, 11) is 0. The Kier molecular flexibility index (Phi) is 6.13. The van der Waals surface area contributed by atoms with Gasteiger partial charge in [0.05, 0.1) is 18.7 Å². The second-order valence-corrected chi connectivity index (χ2v) is 7.41. The zero-order valence-electron chi connectivity index (χ0n) is 17.1. The highest BCUT2D eigenvalue weighted by Gasteiger charge is 2.24. The lowest BCUT2D eigenvalue weighted by Crippen LogP contribution is -2.47. The van der Waals surface area contributed by atoms with Crippen LogP contribution in [0.5, 0.6) is 5.75 Å². The number of Topliss-reactive ketones (excluding diaryl/α,β-unsaturated/α-hetero) is 1. The van der Waals surface area contributed by atoms with Gasteiger partial charge in [0.15, 0.2) is 5.78 Å². The molecule has 6 nitrogen and oxygen atoms in total. The number of nitrogens with one attached hydrogen (secondary N) is 1. The minimum Gasteiger partial charge on any atom is -0.491 e. The molecule has 1 atom stereocenters. The highest BCUT2D eigenvalue weighted by molar-refractivity contribution is 5.96. The second-order valence-electron chi connectivity index (χ2n) is 7.41. The number of fused-ring (bicyclic) bond motifs is 1. The number of hydrogen-bond acceptors (Lipinski definition) is 4. The van der Waals surface area contributed by atoms with Crippen molar-refractivity contribution in [1.29, 1.82) is 0 Å². The molecule has 31 heavy (non-hydrogen) atoms. The number of ether oxygens (including phenoxy) is 2. The summed E-state index contributed by atoms with van der Waals surface area (Å²) >= 11 is 0. The summed E-state index contributed by atoms with van der Waals surface area (Å²) in [4.78, 5) is 28.9. The van der Waals surface area contributed by atoms with Gasteiger partial charge >= 0.3 is 0 Å². The predicted octanol–water partition coefficient (Wildman–Crippen LogP) is 3.83. The number of carbonyl (C=O) groups excluding carboxylic acids is 2. The number of nitrogens with zero attached hydrogens (tertiary/aromatic N) is 1. The highest BCUT2D eigenvalue weighted by Crippen LogP contribution is 2.20. The first-order chi connectivity index (χ1) is 15.0. The van der Waals surface area contributed by atoms with Crippen LogP contribution in [0.25, 0.3) is 17.0 Å². The van der Waals surface area contributed by atoms with Crippen molar-refractivity contribution < 1.29 is 23.5 Å². The van der Waals surface area contributed by atoms with E-state index in [9.17, 15) is 14.0 Å². The van der Waals surface area contributed by atoms with E-state index in [2.05, 4.69) is 4.98 Å². The lowest BCUT2D eigenvalue weighted by molar-refractivity contribution is -0.134. The normalized spacial score (nSPS) is 16.7. The topological polar surface area (TPSA) is 71.6 Å². The van der Waals surface area contributed by atoms with Gasteiger partial charge in [0.1, 0.15) is 24.3 Å². The molecule has 0 aliphatic carbocycles. The number of aromatic amines is 1. The number of ketones is 1. The summed E-state index contributed by atoms with van der Waals surface area (Å²) in [5.41, 5.74) is 2.00. The van der Waals surface area contributed by atoms with Crippen molar-refractivity contribution in [3.63, 3.8) is 0 Å². The maximum Gasteiger partial charge on any atom is 0.246 e. The average molecular weight is 422 g/mol. The van der Waals surface area contributed by atoms with Crippen molar-refractivity contribution in [1.82, 2.24) is 9.88 Å². The van der Waals surface area contributed by atoms with E-state index in [1.165, 1.54) is 19.1 Å². The van der Waals surface area contributed by atoms with E-state index in [-0.39, 0.29) is 30.0 Å². The molecule has 3 aromatic rings. The Bertz CT molecular complexity index is 1140. The third-order valence-corrected chi connectivity index (χ3v) is 5.23. The Morgan fingerprint density at radius 1 is 1.29 bits per heavy atom. The van der Waals surface area contributed by atoms with Crippen LogP contribution in [0.4, 0.5) is 4.39 Å². The maximum absolute atomic E-state index is 13.9. The van der Waals surface area contributed by atoms with E-state index >= 15 is 0 Å². The van der Waals surface area contributed by atoms with Crippen molar-refractivity contribution in [2.24, 2.45) is 0 Å². The molecule has 1 aromatic heterocycles. The number of hydrogen-bond donors (Lipinski definition) is 1. The van der Waals surface area contributed by atoms with Crippen molar-refractivity contribution in [2.45, 2.75) is 13.0 Å². The Labute approximate surface area is 179 Å². The molecule has 0 bridgehead atoms. The van der Waals surface area contributed by atoms with E-state index in [0.717, 1.165) is 16.5 Å². The number of benzene rings is 2. The summed E-state index contributed by atoms with van der Waals surface area (Å²) < 4.78 is 25.2. The van der Waals surface area contributed by atoms with Gasteiger partial charge in [-0.05, 0) is 36.8 Å². The van der Waals surface area contributed by atoms with Gasteiger partial charge < -0.3 is 19.4 Å². The van der Waals surface area contributed by atoms with E-state index in [4.69, 9.17) is 9.47 Å². The minimum atomic E-state index is -0.617. The largest absolute Gasteiger partial charge is 0.491 e. The molecule has 4 rings (SSSR count). The van der Waals surface area contributed by atoms with Crippen LogP contribution in [0.15, 0.2) is 54.7 Å². The Balaban J connectivity index is 1.34. The molecule has 0 radical (unpaired) electrons. The molecule has 2 heterocycles. The molecule has 1 fully saturated rings. The predicted molar refractivity (Wildman–Crippen MR) is 116 cm³/mol. The van der Waals surface area contributed by atoms with Gasteiger partial charge in [-0.25, -0.2) is 4.39 Å². The summed E-state index contributed by atoms with van der Waals surface area (Å²) in [6.07, 6.45) is 4.92. The zero-order chi connectivity index (χ0) is 21.8. The fourth-order valence-electron chi connectivity index (χ4n) is 3.58. The van der Waals surface area contributed by atoms with Crippen molar-refractivity contribution in [2.75, 3.05) is 26.3 Å². The van der Waals surface area contributed by atoms with E-state index < -0.39 is 5.82 Å². The molecule has 0 spiro atoms. The summed E-state index contributed by atoms with van der Waals surface area (Å²) in [5.74, 6) is -0.743. The summed E-state index contributed by atoms with van der Waals surface area (Å²) in [6.45, 7) is 2.76. The Hall–Kier alpha value is -3.45. The van der Waals surface area contributed by atoms with E-state index in [1.54, 1.807) is 17.0 Å². The molecule has 1 aliphatic heterocycles. The maximum atomic E-state index is 13.9. The molecule has 1 amide bonds. The van der Waals surface area contributed by atoms with Crippen LogP contribution >= 0.6 is 0 Å². The lowest BCUT2D eigenvalue weighted by Gasteiger charge is -2.32. The second kappa shape index (κ2) is 9.14. The third kappa shape index (κ3) is 4.83. The van der Waals surface area contributed by atoms with Crippen molar-refractivity contribution in [3.8, 4) is 5.75 Å². The molecule has 0 saturated carbocycles. The zero-order valence-corrected chi connectivity index (χ0v) is 17.1. The molecule has 1 N–H and O–H groups in total. The van der Waals surface area contributed by atoms with Gasteiger partial charge in [0.2, 0.25) is 5.91 Å². The summed E-state index contributed by atoms with van der Waals surface area (Å²) in [6, 6.07) is 12.0. The van der Waals surface area contributed by atoms with Crippen LogP contribution in [0.1, 0.15) is 22.8 Å². The van der Waals surface area contributed by atoms with Crippen molar-refractivity contribution in [3.05, 3.63) is 71.7 Å². The van der Waals surface area contributed by atoms with Crippen LogP contribution in [-0.2, 0) is 9.53 Å². The highest BCUT2D eigenvalue weighted by atomic mass is 19.1. The number of halogens is 1. The van der Waals surface area contributed by atoms with Gasteiger partial charge in [0, 0.05) is 35.8 Å². The first kappa shape index (κ1) is 20.8. The Morgan fingerprint density at radius 2 is 2.13 bits per heavy atom. The number of aromatic nitrogens is 1. The molecule has 1 unspecified atom stereocenters. The van der Waals surface area contributed by atoms with E-state index in [1.807, 2.05) is 36.5 Å². The molecule has 2 aromatic carbocycles. The van der Waals surface area contributed by atoms with Gasteiger partial charge in [-0.1, -0.05) is 18.2 Å². The first-order valence-electron chi connectivity index (χ1n) is 10.1. The quantitative estimate of drug-likeness (QED) is 0.484. The SMILES string of the molecule is CC(=O)c1ccc(OCC2CN(C(=O)C=Cc3c[nH]c4ccccc34)CCO2)cc1F. The molecule has 1 saturated heterocycles.